The lowest BCUT2D eigenvalue weighted by Crippen LogP contribution is -2.26. The van der Waals surface area contributed by atoms with Crippen LogP contribution in [0.2, 0.25) is 5.02 Å². The lowest BCUT2D eigenvalue weighted by atomic mass is 10.2. The maximum Gasteiger partial charge on any atom is 0.0682 e. The molecule has 0 aromatic heterocycles. The fourth-order valence-electron chi connectivity index (χ4n) is 2.10. The standard InChI is InChI=1S/C14H20ClNO/c1-2-7-16(9-11-3-4-11)14-6-5-12(10-17)8-13(14)15/h5-6,8,11,17H,2-4,7,9-10H2,1H3. The second kappa shape index (κ2) is 5.74. The zero-order chi connectivity index (χ0) is 12.3. The van der Waals surface area contributed by atoms with E-state index in [1.807, 2.05) is 18.2 Å². The van der Waals surface area contributed by atoms with E-state index >= 15 is 0 Å². The van der Waals surface area contributed by atoms with Crippen LogP contribution in [-0.2, 0) is 6.61 Å². The summed E-state index contributed by atoms with van der Waals surface area (Å²) in [6.45, 7) is 4.41. The molecule has 1 saturated carbocycles. The molecule has 0 aliphatic heterocycles. The average Bonchev–Trinajstić information content (AvgIpc) is 3.12. The Labute approximate surface area is 108 Å². The Kier molecular flexibility index (Phi) is 4.30. The van der Waals surface area contributed by atoms with Gasteiger partial charge in [0, 0.05) is 13.1 Å². The molecule has 1 aliphatic carbocycles. The largest absolute Gasteiger partial charge is 0.392 e. The summed E-state index contributed by atoms with van der Waals surface area (Å²) in [5.74, 6) is 0.857. The van der Waals surface area contributed by atoms with Crippen molar-refractivity contribution in [1.82, 2.24) is 0 Å². The van der Waals surface area contributed by atoms with Crippen LogP contribution in [0.1, 0.15) is 31.7 Å². The number of rotatable bonds is 6. The van der Waals surface area contributed by atoms with Crippen LogP contribution in [0, 0.1) is 5.92 Å². The van der Waals surface area contributed by atoms with Crippen molar-refractivity contribution in [2.75, 3.05) is 18.0 Å². The molecule has 0 unspecified atom stereocenters. The molecule has 0 saturated heterocycles. The van der Waals surface area contributed by atoms with Crippen LogP contribution in [0.3, 0.4) is 0 Å². The zero-order valence-corrected chi connectivity index (χ0v) is 11.1. The summed E-state index contributed by atoms with van der Waals surface area (Å²) in [7, 11) is 0. The molecular weight excluding hydrogens is 234 g/mol. The van der Waals surface area contributed by atoms with Crippen molar-refractivity contribution < 1.29 is 5.11 Å². The monoisotopic (exact) mass is 253 g/mol. The van der Waals surface area contributed by atoms with Crippen molar-refractivity contribution in [3.05, 3.63) is 28.8 Å². The lowest BCUT2D eigenvalue weighted by Gasteiger charge is -2.25. The molecule has 0 bridgehead atoms. The van der Waals surface area contributed by atoms with E-state index in [0.29, 0.717) is 0 Å². The van der Waals surface area contributed by atoms with Gasteiger partial charge in [-0.25, -0.2) is 0 Å². The van der Waals surface area contributed by atoms with Crippen LogP contribution >= 0.6 is 11.6 Å². The van der Waals surface area contributed by atoms with Crippen molar-refractivity contribution in [1.29, 1.82) is 0 Å². The first-order chi connectivity index (χ1) is 8.24. The van der Waals surface area contributed by atoms with Crippen LogP contribution in [-0.4, -0.2) is 18.2 Å². The van der Waals surface area contributed by atoms with Gasteiger partial charge < -0.3 is 10.0 Å². The van der Waals surface area contributed by atoms with E-state index in [-0.39, 0.29) is 6.61 Å². The van der Waals surface area contributed by atoms with Crippen molar-refractivity contribution >= 4 is 17.3 Å². The van der Waals surface area contributed by atoms with Crippen molar-refractivity contribution in [2.24, 2.45) is 5.92 Å². The molecule has 1 aliphatic rings. The van der Waals surface area contributed by atoms with E-state index in [4.69, 9.17) is 16.7 Å². The minimum Gasteiger partial charge on any atom is -0.392 e. The highest BCUT2D eigenvalue weighted by Crippen LogP contribution is 2.34. The maximum absolute atomic E-state index is 9.08. The van der Waals surface area contributed by atoms with Crippen LogP contribution in [0.5, 0.6) is 0 Å². The fourth-order valence-corrected chi connectivity index (χ4v) is 2.42. The molecule has 0 atom stereocenters. The quantitative estimate of drug-likeness (QED) is 0.839. The molecule has 0 radical (unpaired) electrons. The third kappa shape index (κ3) is 3.36. The minimum atomic E-state index is 0.0520. The molecule has 17 heavy (non-hydrogen) atoms. The van der Waals surface area contributed by atoms with Gasteiger partial charge in [-0.2, -0.15) is 0 Å². The van der Waals surface area contributed by atoms with E-state index in [1.165, 1.54) is 12.8 Å². The van der Waals surface area contributed by atoms with Gasteiger partial charge >= 0.3 is 0 Å². The number of halogens is 1. The minimum absolute atomic E-state index is 0.0520. The molecule has 2 nitrogen and oxygen atoms in total. The molecule has 0 amide bonds. The Morgan fingerprint density at radius 1 is 1.41 bits per heavy atom. The van der Waals surface area contributed by atoms with Crippen molar-refractivity contribution in [2.45, 2.75) is 32.8 Å². The van der Waals surface area contributed by atoms with Crippen LogP contribution in [0.4, 0.5) is 5.69 Å². The van der Waals surface area contributed by atoms with Gasteiger partial charge in [-0.1, -0.05) is 24.6 Å². The summed E-state index contributed by atoms with van der Waals surface area (Å²) in [5, 5.41) is 9.83. The summed E-state index contributed by atoms with van der Waals surface area (Å²) in [5.41, 5.74) is 1.99. The third-order valence-electron chi connectivity index (χ3n) is 3.20. The predicted molar refractivity (Wildman–Crippen MR) is 72.6 cm³/mol. The Bertz CT molecular complexity index is 376. The predicted octanol–water partition coefficient (Wildman–Crippen LogP) is 3.46. The number of hydrogen-bond acceptors (Lipinski definition) is 2. The number of benzene rings is 1. The highest BCUT2D eigenvalue weighted by atomic mass is 35.5. The summed E-state index contributed by atoms with van der Waals surface area (Å²) >= 11 is 6.29. The number of anilines is 1. The number of nitrogens with zero attached hydrogens (tertiary/aromatic N) is 1. The maximum atomic E-state index is 9.08. The van der Waals surface area contributed by atoms with Gasteiger partial charge in [0.25, 0.3) is 0 Å². The zero-order valence-electron chi connectivity index (χ0n) is 10.3. The number of aliphatic hydroxyl groups is 1. The topological polar surface area (TPSA) is 23.5 Å². The molecule has 94 valence electrons. The van der Waals surface area contributed by atoms with Gasteiger partial charge in [-0.3, -0.25) is 0 Å². The van der Waals surface area contributed by atoms with E-state index in [0.717, 1.165) is 41.7 Å². The summed E-state index contributed by atoms with van der Waals surface area (Å²) in [4.78, 5) is 2.38. The van der Waals surface area contributed by atoms with Crippen LogP contribution < -0.4 is 4.90 Å². The Hall–Kier alpha value is -0.730. The SMILES string of the molecule is CCCN(CC1CC1)c1ccc(CO)cc1Cl. The lowest BCUT2D eigenvalue weighted by molar-refractivity contribution is 0.282. The van der Waals surface area contributed by atoms with Gasteiger partial charge in [0.05, 0.1) is 17.3 Å². The number of hydrogen-bond donors (Lipinski definition) is 1. The Morgan fingerprint density at radius 3 is 2.71 bits per heavy atom. The van der Waals surface area contributed by atoms with Gasteiger partial charge in [0.15, 0.2) is 0 Å². The normalized spacial score (nSPS) is 15.0. The molecule has 1 aromatic carbocycles. The average molecular weight is 254 g/mol. The van der Waals surface area contributed by atoms with Crippen molar-refractivity contribution in [3.63, 3.8) is 0 Å². The first-order valence-corrected chi connectivity index (χ1v) is 6.76. The van der Waals surface area contributed by atoms with Gasteiger partial charge in [0.2, 0.25) is 0 Å². The molecule has 0 spiro atoms. The molecule has 3 heteroatoms. The Balaban J connectivity index is 2.15. The smallest absolute Gasteiger partial charge is 0.0682 e. The fraction of sp³-hybridized carbons (Fsp3) is 0.571. The molecule has 1 N–H and O–H groups in total. The highest BCUT2D eigenvalue weighted by Gasteiger charge is 2.24. The van der Waals surface area contributed by atoms with E-state index in [2.05, 4.69) is 11.8 Å². The molecule has 0 heterocycles. The van der Waals surface area contributed by atoms with Gasteiger partial charge in [0.1, 0.15) is 0 Å². The van der Waals surface area contributed by atoms with E-state index < -0.39 is 0 Å². The second-order valence-electron chi connectivity index (χ2n) is 4.83. The molecule has 1 fully saturated rings. The van der Waals surface area contributed by atoms with Gasteiger partial charge in [-0.15, -0.1) is 0 Å². The first kappa shape index (κ1) is 12.7. The van der Waals surface area contributed by atoms with Crippen molar-refractivity contribution in [3.8, 4) is 0 Å². The number of aliphatic hydroxyl groups excluding tert-OH is 1. The first-order valence-electron chi connectivity index (χ1n) is 6.38. The molecular formula is C14H20ClNO. The molecule has 1 aromatic rings. The molecule has 2 rings (SSSR count). The van der Waals surface area contributed by atoms with Crippen LogP contribution in [0.15, 0.2) is 18.2 Å². The van der Waals surface area contributed by atoms with Gasteiger partial charge in [-0.05, 0) is 42.9 Å². The van der Waals surface area contributed by atoms with E-state index in [9.17, 15) is 0 Å². The van der Waals surface area contributed by atoms with E-state index in [1.54, 1.807) is 0 Å². The van der Waals surface area contributed by atoms with Crippen LogP contribution in [0.25, 0.3) is 0 Å². The summed E-state index contributed by atoms with van der Waals surface area (Å²) in [6, 6.07) is 5.86. The third-order valence-corrected chi connectivity index (χ3v) is 3.51. The summed E-state index contributed by atoms with van der Waals surface area (Å²) in [6.07, 6.45) is 3.84. The highest BCUT2D eigenvalue weighted by molar-refractivity contribution is 6.33. The summed E-state index contributed by atoms with van der Waals surface area (Å²) < 4.78 is 0. The second-order valence-corrected chi connectivity index (χ2v) is 5.24. The Morgan fingerprint density at radius 2 is 2.18 bits per heavy atom.